The Balaban J connectivity index is 2.53. The zero-order valence-electron chi connectivity index (χ0n) is 11.1. The fraction of sp³-hybridized carbons (Fsp3) is 0.385. The van der Waals surface area contributed by atoms with Crippen LogP contribution in [-0.4, -0.2) is 19.2 Å². The second-order valence-corrected chi connectivity index (χ2v) is 5.72. The molecule has 18 heavy (non-hydrogen) atoms. The molecule has 2 N–H and O–H groups in total. The Kier molecular flexibility index (Phi) is 2.00. The lowest BCUT2D eigenvalue weighted by atomic mass is 9.96. The second kappa shape index (κ2) is 3.25. The van der Waals surface area contributed by atoms with E-state index in [0.717, 1.165) is 28.3 Å². The molecule has 3 aromatic rings. The van der Waals surface area contributed by atoms with E-state index in [1.807, 2.05) is 29.8 Å². The third-order valence-corrected chi connectivity index (χ3v) is 3.22. The lowest BCUT2D eigenvalue weighted by molar-refractivity contribution is 0.541. The SMILES string of the molecule is Cn1c2ccc(N)cc2n2c(C(C)(C)C)nnc12. The largest absolute Gasteiger partial charge is 0.399 e. The molecule has 0 fully saturated rings. The number of aromatic nitrogens is 4. The van der Waals surface area contributed by atoms with Crippen molar-refractivity contribution in [2.45, 2.75) is 26.2 Å². The summed E-state index contributed by atoms with van der Waals surface area (Å²) in [7, 11) is 2.00. The van der Waals surface area contributed by atoms with Gasteiger partial charge in [-0.05, 0) is 18.2 Å². The number of nitrogen functional groups attached to an aromatic ring is 1. The normalized spacial score (nSPS) is 12.7. The molecule has 0 aliphatic carbocycles. The summed E-state index contributed by atoms with van der Waals surface area (Å²) in [6.45, 7) is 6.40. The van der Waals surface area contributed by atoms with E-state index in [1.54, 1.807) is 0 Å². The lowest BCUT2D eigenvalue weighted by Gasteiger charge is -2.15. The van der Waals surface area contributed by atoms with Crippen molar-refractivity contribution >= 4 is 22.5 Å². The second-order valence-electron chi connectivity index (χ2n) is 5.72. The molecule has 5 nitrogen and oxygen atoms in total. The minimum absolute atomic E-state index is 0.0572. The van der Waals surface area contributed by atoms with E-state index in [4.69, 9.17) is 5.73 Å². The van der Waals surface area contributed by atoms with Crippen LogP contribution in [0.25, 0.3) is 16.8 Å². The number of nitrogens with zero attached hydrogens (tertiary/aromatic N) is 4. The van der Waals surface area contributed by atoms with Crippen LogP contribution >= 0.6 is 0 Å². The molecule has 5 heteroatoms. The number of benzene rings is 1. The molecule has 94 valence electrons. The molecule has 3 rings (SSSR count). The molecular weight excluding hydrogens is 226 g/mol. The van der Waals surface area contributed by atoms with Gasteiger partial charge in [0.25, 0.3) is 0 Å². The average molecular weight is 243 g/mol. The number of nitrogens with two attached hydrogens (primary N) is 1. The number of anilines is 1. The molecule has 0 radical (unpaired) electrons. The van der Waals surface area contributed by atoms with E-state index in [2.05, 4.69) is 35.4 Å². The van der Waals surface area contributed by atoms with Gasteiger partial charge in [-0.3, -0.25) is 4.40 Å². The van der Waals surface area contributed by atoms with E-state index in [9.17, 15) is 0 Å². The fourth-order valence-electron chi connectivity index (χ4n) is 2.31. The molecule has 2 aromatic heterocycles. The van der Waals surface area contributed by atoms with E-state index in [1.165, 1.54) is 0 Å². The Bertz CT molecular complexity index is 742. The van der Waals surface area contributed by atoms with Crippen LogP contribution in [0.15, 0.2) is 18.2 Å². The van der Waals surface area contributed by atoms with Crippen molar-refractivity contribution < 1.29 is 0 Å². The standard InChI is InChI=1S/C13H17N5/c1-13(2,3)11-15-16-12-17(4)9-6-5-8(14)7-10(9)18(11)12/h5-7H,14H2,1-4H3. The van der Waals surface area contributed by atoms with Gasteiger partial charge < -0.3 is 10.3 Å². The van der Waals surface area contributed by atoms with E-state index in [-0.39, 0.29) is 5.41 Å². The molecule has 0 saturated carbocycles. The van der Waals surface area contributed by atoms with E-state index < -0.39 is 0 Å². The number of imidazole rings is 1. The maximum absolute atomic E-state index is 5.89. The van der Waals surface area contributed by atoms with Crippen LogP contribution in [-0.2, 0) is 12.5 Å². The lowest BCUT2D eigenvalue weighted by Crippen LogP contribution is -2.15. The molecule has 0 aliphatic rings. The maximum Gasteiger partial charge on any atom is 0.236 e. The monoisotopic (exact) mass is 243 g/mol. The molecule has 0 amide bonds. The first-order valence-electron chi connectivity index (χ1n) is 5.99. The van der Waals surface area contributed by atoms with Gasteiger partial charge in [-0.2, -0.15) is 0 Å². The molecule has 0 unspecified atom stereocenters. The van der Waals surface area contributed by atoms with E-state index in [0.29, 0.717) is 0 Å². The number of fused-ring (bicyclic) bond motifs is 3. The van der Waals surface area contributed by atoms with Crippen LogP contribution in [0.4, 0.5) is 5.69 Å². The predicted octanol–water partition coefficient (Wildman–Crippen LogP) is 2.10. The maximum atomic E-state index is 5.89. The summed E-state index contributed by atoms with van der Waals surface area (Å²) in [4.78, 5) is 0. The Labute approximate surface area is 105 Å². The summed E-state index contributed by atoms with van der Waals surface area (Å²) in [5.41, 5.74) is 8.75. The average Bonchev–Trinajstić information content (AvgIpc) is 2.80. The summed E-state index contributed by atoms with van der Waals surface area (Å²) >= 11 is 0. The van der Waals surface area contributed by atoms with E-state index >= 15 is 0 Å². The first kappa shape index (κ1) is 11.1. The van der Waals surface area contributed by atoms with Crippen molar-refractivity contribution in [3.05, 3.63) is 24.0 Å². The molecule has 0 spiro atoms. The fourth-order valence-corrected chi connectivity index (χ4v) is 2.31. The Morgan fingerprint density at radius 3 is 2.50 bits per heavy atom. The van der Waals surface area contributed by atoms with Gasteiger partial charge in [0.2, 0.25) is 5.78 Å². The van der Waals surface area contributed by atoms with Gasteiger partial charge in [-0.25, -0.2) is 0 Å². The van der Waals surface area contributed by atoms with Crippen molar-refractivity contribution in [1.82, 2.24) is 19.2 Å². The van der Waals surface area contributed by atoms with Gasteiger partial charge >= 0.3 is 0 Å². The highest BCUT2D eigenvalue weighted by atomic mass is 15.3. The van der Waals surface area contributed by atoms with Gasteiger partial charge in [0.05, 0.1) is 11.0 Å². The topological polar surface area (TPSA) is 61.1 Å². The first-order valence-corrected chi connectivity index (χ1v) is 5.99. The summed E-state index contributed by atoms with van der Waals surface area (Å²) < 4.78 is 4.13. The molecular formula is C13H17N5. The Morgan fingerprint density at radius 2 is 1.83 bits per heavy atom. The van der Waals surface area contributed by atoms with Crippen molar-refractivity contribution in [2.24, 2.45) is 7.05 Å². The predicted molar refractivity (Wildman–Crippen MR) is 72.6 cm³/mol. The Morgan fingerprint density at radius 1 is 1.11 bits per heavy atom. The van der Waals surface area contributed by atoms with Crippen LogP contribution in [0.3, 0.4) is 0 Å². The number of hydrogen-bond acceptors (Lipinski definition) is 3. The quantitative estimate of drug-likeness (QED) is 0.615. The minimum Gasteiger partial charge on any atom is -0.399 e. The van der Waals surface area contributed by atoms with Gasteiger partial charge in [0, 0.05) is 18.2 Å². The highest BCUT2D eigenvalue weighted by Gasteiger charge is 2.24. The van der Waals surface area contributed by atoms with Crippen LogP contribution in [0, 0.1) is 0 Å². The zero-order chi connectivity index (χ0) is 13.1. The highest BCUT2D eigenvalue weighted by molar-refractivity contribution is 5.83. The van der Waals surface area contributed by atoms with Crippen molar-refractivity contribution in [3.8, 4) is 0 Å². The van der Waals surface area contributed by atoms with Gasteiger partial charge in [-0.1, -0.05) is 20.8 Å². The number of aryl methyl sites for hydroxylation is 1. The highest BCUT2D eigenvalue weighted by Crippen LogP contribution is 2.27. The molecule has 0 saturated heterocycles. The van der Waals surface area contributed by atoms with Gasteiger partial charge in [-0.15, -0.1) is 10.2 Å². The molecule has 1 aromatic carbocycles. The van der Waals surface area contributed by atoms with Crippen LogP contribution in [0.2, 0.25) is 0 Å². The third kappa shape index (κ3) is 1.33. The van der Waals surface area contributed by atoms with Gasteiger partial charge in [0.1, 0.15) is 5.82 Å². The molecule has 2 heterocycles. The molecule has 0 atom stereocenters. The molecule has 0 aliphatic heterocycles. The molecule has 0 bridgehead atoms. The smallest absolute Gasteiger partial charge is 0.236 e. The van der Waals surface area contributed by atoms with Crippen LogP contribution < -0.4 is 5.73 Å². The summed E-state index contributed by atoms with van der Waals surface area (Å²) in [6, 6.07) is 5.90. The van der Waals surface area contributed by atoms with Crippen LogP contribution in [0.1, 0.15) is 26.6 Å². The van der Waals surface area contributed by atoms with Crippen LogP contribution in [0.5, 0.6) is 0 Å². The Hall–Kier alpha value is -2.04. The minimum atomic E-state index is -0.0572. The first-order chi connectivity index (χ1) is 8.39. The number of hydrogen-bond donors (Lipinski definition) is 1. The van der Waals surface area contributed by atoms with Crippen molar-refractivity contribution in [2.75, 3.05) is 5.73 Å². The summed E-state index contributed by atoms with van der Waals surface area (Å²) in [5.74, 6) is 1.80. The number of rotatable bonds is 0. The van der Waals surface area contributed by atoms with Crippen molar-refractivity contribution in [3.63, 3.8) is 0 Å². The summed E-state index contributed by atoms with van der Waals surface area (Å²) in [6.07, 6.45) is 0. The third-order valence-electron chi connectivity index (χ3n) is 3.22. The zero-order valence-corrected chi connectivity index (χ0v) is 11.1. The van der Waals surface area contributed by atoms with Gasteiger partial charge in [0.15, 0.2) is 0 Å². The van der Waals surface area contributed by atoms with Crippen molar-refractivity contribution in [1.29, 1.82) is 0 Å². The summed E-state index contributed by atoms with van der Waals surface area (Å²) in [5, 5.41) is 8.61.